The SMILES string of the molecule is CC(=O)O[C@@H]1[C@@H](OC(C)=O)[C@H](O[C@H]2CC[C@@]3(C)C(=CC[C@H]4[C@@H]5C[C@@H]6O[C@]7(CC[C@@H](C)CO7)[C@@H](C)[C@@H]6[C@@]5(C)CC[C@@H]43)C2)O[C@@H]2CO[C@@H](c3ccccc3)O[C@@H]12. The van der Waals surface area contributed by atoms with Crippen LogP contribution in [0.4, 0.5) is 0 Å². The molecular formula is C44H60O10. The Balaban J connectivity index is 0.904. The number of carbonyl (C=O) groups is 2. The highest BCUT2D eigenvalue weighted by Crippen LogP contribution is 2.70. The second kappa shape index (κ2) is 13.9. The summed E-state index contributed by atoms with van der Waals surface area (Å²) in [6.07, 6.45) is 7.53. The molecule has 3 saturated carbocycles. The van der Waals surface area contributed by atoms with E-state index in [1.54, 1.807) is 0 Å². The maximum Gasteiger partial charge on any atom is 0.303 e. The van der Waals surface area contributed by atoms with E-state index in [9.17, 15) is 9.59 Å². The summed E-state index contributed by atoms with van der Waals surface area (Å²) >= 11 is 0. The Bertz CT molecular complexity index is 1600. The zero-order chi connectivity index (χ0) is 37.6. The van der Waals surface area contributed by atoms with Crippen LogP contribution in [0.5, 0.6) is 0 Å². The molecule has 0 bridgehead atoms. The highest BCUT2D eigenvalue weighted by atomic mass is 16.8. The molecule has 1 aromatic carbocycles. The first-order valence-corrected chi connectivity index (χ1v) is 20.9. The maximum atomic E-state index is 12.5. The number of allylic oxidation sites excluding steroid dienone is 1. The fourth-order valence-electron chi connectivity index (χ4n) is 13.0. The van der Waals surface area contributed by atoms with Gasteiger partial charge in [-0.1, -0.05) is 69.7 Å². The van der Waals surface area contributed by atoms with Crippen LogP contribution >= 0.6 is 0 Å². The molecule has 4 aliphatic carbocycles. The second-order valence-corrected chi connectivity index (χ2v) is 18.6. The smallest absolute Gasteiger partial charge is 0.303 e. The van der Waals surface area contributed by atoms with Crippen LogP contribution in [0.2, 0.25) is 0 Å². The Hall–Kier alpha value is -2.34. The summed E-state index contributed by atoms with van der Waals surface area (Å²) in [4.78, 5) is 25.0. The Kier molecular flexibility index (Phi) is 9.62. The van der Waals surface area contributed by atoms with Crippen molar-refractivity contribution in [2.75, 3.05) is 13.2 Å². The molecule has 296 valence electrons. The van der Waals surface area contributed by atoms with E-state index in [2.05, 4.69) is 33.8 Å². The maximum absolute atomic E-state index is 12.5. The lowest BCUT2D eigenvalue weighted by Gasteiger charge is -2.58. The van der Waals surface area contributed by atoms with Crippen molar-refractivity contribution >= 4 is 11.9 Å². The number of hydrogen-bond donors (Lipinski definition) is 0. The highest BCUT2D eigenvalue weighted by Gasteiger charge is 2.69. The molecule has 8 aliphatic rings. The van der Waals surface area contributed by atoms with E-state index in [0.29, 0.717) is 41.6 Å². The van der Waals surface area contributed by atoms with Gasteiger partial charge in [-0.2, -0.15) is 0 Å². The first-order chi connectivity index (χ1) is 25.9. The molecule has 0 amide bonds. The van der Waals surface area contributed by atoms with Gasteiger partial charge in [0.15, 0.2) is 30.6 Å². The Labute approximate surface area is 320 Å². The van der Waals surface area contributed by atoms with Crippen molar-refractivity contribution in [3.63, 3.8) is 0 Å². The second-order valence-electron chi connectivity index (χ2n) is 18.6. The Morgan fingerprint density at radius 1 is 0.852 bits per heavy atom. The van der Waals surface area contributed by atoms with Gasteiger partial charge in [0.25, 0.3) is 0 Å². The van der Waals surface area contributed by atoms with Crippen LogP contribution in [0.1, 0.15) is 111 Å². The number of benzene rings is 1. The van der Waals surface area contributed by atoms with Crippen molar-refractivity contribution in [1.82, 2.24) is 0 Å². The Morgan fingerprint density at radius 2 is 1.63 bits per heavy atom. The molecule has 1 spiro atoms. The summed E-state index contributed by atoms with van der Waals surface area (Å²) in [5.74, 6) is 2.15. The molecule has 10 heteroatoms. The Morgan fingerprint density at radius 3 is 2.37 bits per heavy atom. The van der Waals surface area contributed by atoms with Gasteiger partial charge < -0.3 is 37.9 Å². The molecule has 4 heterocycles. The zero-order valence-corrected chi connectivity index (χ0v) is 32.9. The van der Waals surface area contributed by atoms with Gasteiger partial charge in [0.2, 0.25) is 0 Å². The topological polar surface area (TPSA) is 108 Å². The predicted molar refractivity (Wildman–Crippen MR) is 196 cm³/mol. The van der Waals surface area contributed by atoms with Crippen molar-refractivity contribution in [1.29, 1.82) is 0 Å². The number of esters is 2. The molecule has 54 heavy (non-hydrogen) atoms. The van der Waals surface area contributed by atoms with Crippen molar-refractivity contribution in [2.45, 2.75) is 154 Å². The molecule has 4 aliphatic heterocycles. The van der Waals surface area contributed by atoms with Crippen LogP contribution in [-0.2, 0) is 47.5 Å². The van der Waals surface area contributed by atoms with E-state index in [4.69, 9.17) is 37.9 Å². The predicted octanol–water partition coefficient (Wildman–Crippen LogP) is 7.44. The fraction of sp³-hybridized carbons (Fsp3) is 0.773. The minimum absolute atomic E-state index is 0.115. The number of hydrogen-bond acceptors (Lipinski definition) is 10. The van der Waals surface area contributed by atoms with Gasteiger partial charge in [-0.15, -0.1) is 0 Å². The first-order valence-electron chi connectivity index (χ1n) is 20.9. The van der Waals surface area contributed by atoms with Gasteiger partial charge in [-0.3, -0.25) is 9.59 Å². The summed E-state index contributed by atoms with van der Waals surface area (Å²) in [6, 6.07) is 9.60. The van der Waals surface area contributed by atoms with Gasteiger partial charge in [-0.05, 0) is 91.8 Å². The lowest BCUT2D eigenvalue weighted by atomic mass is 9.47. The third-order valence-electron chi connectivity index (χ3n) is 15.6. The largest absolute Gasteiger partial charge is 0.455 e. The van der Waals surface area contributed by atoms with Gasteiger partial charge in [0.1, 0.15) is 12.2 Å². The standard InChI is InChI=1S/C44H60O10/c1-24-14-19-44(48-22-24)25(2)36-34(54-44)21-33-31-13-12-29-20-30(15-17-42(29,5)32(31)16-18-43(33,36)6)51-41-39(50-27(4)46)38(49-26(3)45)37-35(52-41)23-47-40(53-37)28-10-8-7-9-11-28/h7-12,24-25,30-41H,13-23H2,1-6H3/t24-,25+,30+,31-,32+,33+,34+,35-,36+,37-,38+,39-,40-,41-,42+,43+,44-/m1/s1. The van der Waals surface area contributed by atoms with Gasteiger partial charge in [-0.25, -0.2) is 0 Å². The van der Waals surface area contributed by atoms with Crippen molar-refractivity contribution in [3.8, 4) is 0 Å². The van der Waals surface area contributed by atoms with Crippen LogP contribution in [0.3, 0.4) is 0 Å². The monoisotopic (exact) mass is 748 g/mol. The quantitative estimate of drug-likeness (QED) is 0.223. The van der Waals surface area contributed by atoms with E-state index < -0.39 is 48.9 Å². The molecule has 0 N–H and O–H groups in total. The number of fused-ring (bicyclic) bond motifs is 8. The minimum atomic E-state index is -0.996. The summed E-state index contributed by atoms with van der Waals surface area (Å²) < 4.78 is 51.1. The summed E-state index contributed by atoms with van der Waals surface area (Å²) in [7, 11) is 0. The molecule has 1 aromatic rings. The van der Waals surface area contributed by atoms with E-state index in [-0.39, 0.29) is 29.3 Å². The third kappa shape index (κ3) is 6.12. The van der Waals surface area contributed by atoms with Crippen LogP contribution in [0.25, 0.3) is 0 Å². The normalized spacial score (nSPS) is 49.4. The third-order valence-corrected chi connectivity index (χ3v) is 15.6. The lowest BCUT2D eigenvalue weighted by Crippen LogP contribution is -2.64. The molecule has 7 fully saturated rings. The van der Waals surface area contributed by atoms with Crippen molar-refractivity contribution in [3.05, 3.63) is 47.5 Å². The van der Waals surface area contributed by atoms with Gasteiger partial charge in [0, 0.05) is 31.7 Å². The van der Waals surface area contributed by atoms with E-state index in [0.717, 1.165) is 50.7 Å². The zero-order valence-electron chi connectivity index (χ0n) is 32.9. The van der Waals surface area contributed by atoms with E-state index >= 15 is 0 Å². The molecule has 17 atom stereocenters. The van der Waals surface area contributed by atoms with Crippen LogP contribution in [0, 0.1) is 46.3 Å². The molecule has 4 saturated heterocycles. The van der Waals surface area contributed by atoms with Gasteiger partial charge >= 0.3 is 11.9 Å². The molecule has 0 unspecified atom stereocenters. The molecular weight excluding hydrogens is 688 g/mol. The molecule has 0 aromatic heterocycles. The lowest BCUT2D eigenvalue weighted by molar-refractivity contribution is -0.367. The average Bonchev–Trinajstić information content (AvgIpc) is 3.60. The number of rotatable bonds is 5. The summed E-state index contributed by atoms with van der Waals surface area (Å²) in [5, 5.41) is 0. The average molecular weight is 749 g/mol. The van der Waals surface area contributed by atoms with Crippen LogP contribution < -0.4 is 0 Å². The van der Waals surface area contributed by atoms with Crippen molar-refractivity contribution in [2.24, 2.45) is 46.3 Å². The van der Waals surface area contributed by atoms with Crippen LogP contribution in [0.15, 0.2) is 42.0 Å². The molecule has 0 radical (unpaired) electrons. The number of ether oxygens (including phenoxy) is 8. The van der Waals surface area contributed by atoms with Crippen molar-refractivity contribution < 1.29 is 47.5 Å². The van der Waals surface area contributed by atoms with Gasteiger partial charge in [0.05, 0.1) is 25.4 Å². The number of carbonyl (C=O) groups excluding carboxylic acids is 2. The minimum Gasteiger partial charge on any atom is -0.455 e. The fourth-order valence-corrected chi connectivity index (χ4v) is 13.0. The van der Waals surface area contributed by atoms with E-state index in [1.165, 1.54) is 38.7 Å². The summed E-state index contributed by atoms with van der Waals surface area (Å²) in [6.45, 7) is 13.5. The molecule has 9 rings (SSSR count). The summed E-state index contributed by atoms with van der Waals surface area (Å²) in [5.41, 5.74) is 2.71. The molecule has 10 nitrogen and oxygen atoms in total. The first kappa shape index (κ1) is 37.2. The van der Waals surface area contributed by atoms with E-state index in [1.807, 2.05) is 30.3 Å². The highest BCUT2D eigenvalue weighted by molar-refractivity contribution is 5.67. The van der Waals surface area contributed by atoms with Crippen LogP contribution in [-0.4, -0.2) is 73.9 Å².